The zero-order valence-corrected chi connectivity index (χ0v) is 18.1. The van der Waals surface area contributed by atoms with Crippen molar-refractivity contribution < 1.29 is 12.8 Å². The second-order valence-corrected chi connectivity index (χ2v) is 9.47. The number of halogens is 1. The summed E-state index contributed by atoms with van der Waals surface area (Å²) in [6.07, 6.45) is 3.32. The first-order valence-corrected chi connectivity index (χ1v) is 11.4. The molecule has 2 aromatic carbocycles. The number of nitrogens with zero attached hydrogens (tertiary/aromatic N) is 2. The highest BCUT2D eigenvalue weighted by molar-refractivity contribution is 7.89. The van der Waals surface area contributed by atoms with Crippen molar-refractivity contribution in [2.24, 2.45) is 0 Å². The lowest BCUT2D eigenvalue weighted by Crippen LogP contribution is -2.39. The molecule has 4 aromatic rings. The molecule has 8 heteroatoms. The monoisotopic (exact) mass is 451 g/mol. The highest BCUT2D eigenvalue weighted by Gasteiger charge is 2.38. The van der Waals surface area contributed by atoms with Gasteiger partial charge in [0.05, 0.1) is 28.4 Å². The van der Waals surface area contributed by atoms with Gasteiger partial charge in [0.15, 0.2) is 5.76 Å². The van der Waals surface area contributed by atoms with Crippen molar-refractivity contribution >= 4 is 38.2 Å². The minimum Gasteiger partial charge on any atom is -0.463 e. The van der Waals surface area contributed by atoms with E-state index in [4.69, 9.17) is 16.0 Å². The average molecular weight is 452 g/mol. The first kappa shape index (κ1) is 19.8. The van der Waals surface area contributed by atoms with Gasteiger partial charge in [-0.05, 0) is 55.0 Å². The van der Waals surface area contributed by atoms with Crippen LogP contribution in [0.3, 0.4) is 0 Å². The Hall–Kier alpha value is -3.13. The average Bonchev–Trinajstić information content (AvgIpc) is 3.44. The minimum atomic E-state index is -3.89. The van der Waals surface area contributed by atoms with E-state index in [0.717, 1.165) is 16.5 Å². The van der Waals surface area contributed by atoms with Gasteiger partial charge in [-0.25, -0.2) is 13.4 Å². The molecule has 0 unspecified atom stereocenters. The molecule has 1 atom stereocenters. The van der Waals surface area contributed by atoms with E-state index >= 15 is 0 Å². The Labute approximate surface area is 184 Å². The van der Waals surface area contributed by atoms with Crippen LogP contribution in [0.4, 0.5) is 0 Å². The van der Waals surface area contributed by atoms with Crippen LogP contribution in [0.25, 0.3) is 16.6 Å². The lowest BCUT2D eigenvalue weighted by Gasteiger charge is -2.25. The van der Waals surface area contributed by atoms with Gasteiger partial charge in [-0.1, -0.05) is 41.9 Å². The zero-order chi connectivity index (χ0) is 21.6. The lowest BCUT2D eigenvalue weighted by molar-refractivity contribution is 0.345. The molecular formula is C23H18ClN3O3S. The van der Waals surface area contributed by atoms with Gasteiger partial charge in [0.2, 0.25) is 0 Å². The number of sulfonamides is 1. The Kier molecular flexibility index (Phi) is 4.81. The van der Waals surface area contributed by atoms with Gasteiger partial charge in [-0.15, -0.1) is 4.41 Å². The summed E-state index contributed by atoms with van der Waals surface area (Å²) in [4.78, 5) is 4.69. The van der Waals surface area contributed by atoms with Crippen LogP contribution >= 0.6 is 11.6 Å². The lowest BCUT2D eigenvalue weighted by atomic mass is 10.1. The molecule has 0 bridgehead atoms. The number of hydrogen-bond acceptors (Lipinski definition) is 5. The second-order valence-electron chi connectivity index (χ2n) is 7.29. The van der Waals surface area contributed by atoms with Gasteiger partial charge >= 0.3 is 0 Å². The molecular weight excluding hydrogens is 434 g/mol. The summed E-state index contributed by atoms with van der Waals surface area (Å²) in [7, 11) is -3.89. The zero-order valence-electron chi connectivity index (χ0n) is 16.5. The fourth-order valence-electron chi connectivity index (χ4n) is 3.63. The summed E-state index contributed by atoms with van der Waals surface area (Å²) >= 11 is 6.56. The van der Waals surface area contributed by atoms with Crippen LogP contribution in [0, 0.1) is 6.92 Å². The van der Waals surface area contributed by atoms with Crippen LogP contribution in [-0.2, 0) is 10.0 Å². The Morgan fingerprint density at radius 3 is 2.61 bits per heavy atom. The molecule has 5 rings (SSSR count). The summed E-state index contributed by atoms with van der Waals surface area (Å²) in [6, 6.07) is 18.8. The van der Waals surface area contributed by atoms with Crippen LogP contribution < -0.4 is 5.43 Å². The molecule has 0 amide bonds. The van der Waals surface area contributed by atoms with E-state index in [-0.39, 0.29) is 10.0 Å². The van der Waals surface area contributed by atoms with Gasteiger partial charge in [0.1, 0.15) is 5.15 Å². The molecule has 1 aliphatic heterocycles. The number of fused-ring (bicyclic) bond motifs is 1. The third-order valence-electron chi connectivity index (χ3n) is 5.17. The number of benzene rings is 2. The molecule has 0 saturated heterocycles. The topological polar surface area (TPSA) is 75.4 Å². The molecule has 31 heavy (non-hydrogen) atoms. The van der Waals surface area contributed by atoms with Crippen molar-refractivity contribution in [3.05, 3.63) is 101 Å². The third-order valence-corrected chi connectivity index (χ3v) is 7.17. The molecule has 6 nitrogen and oxygen atoms in total. The van der Waals surface area contributed by atoms with Gasteiger partial charge in [0, 0.05) is 10.9 Å². The van der Waals surface area contributed by atoms with Crippen LogP contribution in [0.2, 0.25) is 5.15 Å². The van der Waals surface area contributed by atoms with Gasteiger partial charge in [-0.2, -0.15) is 0 Å². The van der Waals surface area contributed by atoms with Crippen molar-refractivity contribution in [3.63, 3.8) is 0 Å². The summed E-state index contributed by atoms with van der Waals surface area (Å²) in [5.74, 6) is 0.524. The molecule has 0 radical (unpaired) electrons. The number of nitrogens with one attached hydrogen (secondary N) is 1. The normalized spacial score (nSPS) is 17.0. The van der Waals surface area contributed by atoms with E-state index in [1.165, 1.54) is 10.7 Å². The van der Waals surface area contributed by atoms with E-state index in [9.17, 15) is 8.42 Å². The molecule has 0 fully saturated rings. The molecule has 0 spiro atoms. The van der Waals surface area contributed by atoms with Crippen LogP contribution in [0.5, 0.6) is 0 Å². The van der Waals surface area contributed by atoms with Crippen molar-refractivity contribution in [1.29, 1.82) is 0 Å². The van der Waals surface area contributed by atoms with Gasteiger partial charge < -0.3 is 9.84 Å². The van der Waals surface area contributed by atoms with Crippen molar-refractivity contribution in [3.8, 4) is 0 Å². The molecule has 0 aliphatic carbocycles. The van der Waals surface area contributed by atoms with E-state index < -0.39 is 16.1 Å². The van der Waals surface area contributed by atoms with Crippen LogP contribution in [0.1, 0.15) is 22.9 Å². The summed E-state index contributed by atoms with van der Waals surface area (Å²) in [6.45, 7) is 1.98. The number of pyridine rings is 1. The Morgan fingerprint density at radius 1 is 1.06 bits per heavy atom. The molecule has 3 heterocycles. The van der Waals surface area contributed by atoms with Gasteiger partial charge in [-0.3, -0.25) is 0 Å². The van der Waals surface area contributed by atoms with E-state index in [2.05, 4.69) is 10.4 Å². The number of aromatic nitrogens is 1. The largest absolute Gasteiger partial charge is 0.463 e. The number of aryl methyl sites for hydroxylation is 1. The maximum atomic E-state index is 13.5. The van der Waals surface area contributed by atoms with Crippen LogP contribution in [-0.4, -0.2) is 17.8 Å². The molecule has 156 valence electrons. The maximum absolute atomic E-state index is 13.5. The number of furan rings is 1. The summed E-state index contributed by atoms with van der Waals surface area (Å²) in [5, 5.41) is 1.12. The number of hydrogen-bond donors (Lipinski definition) is 1. The summed E-state index contributed by atoms with van der Waals surface area (Å²) in [5.41, 5.74) is 5.93. The quantitative estimate of drug-likeness (QED) is 0.438. The predicted molar refractivity (Wildman–Crippen MR) is 120 cm³/mol. The fraction of sp³-hybridized carbons (Fsp3) is 0.0870. The smallest absolute Gasteiger partial charge is 0.260 e. The highest BCUT2D eigenvalue weighted by Crippen LogP contribution is 2.38. The van der Waals surface area contributed by atoms with E-state index in [1.54, 1.807) is 48.5 Å². The Bertz CT molecular complexity index is 1400. The SMILES string of the molecule is Cc1ccc2cc([C@@H]3C=C(c4ccco4)NN3S(=O)(=O)c3ccccc3)c(Cl)nc2c1. The van der Waals surface area contributed by atoms with Crippen molar-refractivity contribution in [1.82, 2.24) is 14.8 Å². The van der Waals surface area contributed by atoms with Gasteiger partial charge in [0.25, 0.3) is 10.0 Å². The highest BCUT2D eigenvalue weighted by atomic mass is 35.5. The van der Waals surface area contributed by atoms with E-state index in [0.29, 0.717) is 17.0 Å². The Balaban J connectivity index is 1.66. The maximum Gasteiger partial charge on any atom is 0.260 e. The molecule has 0 saturated carbocycles. The second kappa shape index (κ2) is 7.53. The molecule has 1 aliphatic rings. The van der Waals surface area contributed by atoms with Crippen LogP contribution in [0.15, 0.2) is 88.4 Å². The minimum absolute atomic E-state index is 0.169. The summed E-state index contributed by atoms with van der Waals surface area (Å²) < 4.78 is 33.7. The standard InChI is InChI=1S/C23H18ClN3O3S/c1-15-9-10-16-13-18(23(24)25-19(16)12-15)21-14-20(22-8-5-11-30-22)26-27(21)31(28,29)17-6-3-2-4-7-17/h2-14,21,26H,1H3/t21-/m0/s1. The first-order valence-electron chi connectivity index (χ1n) is 9.62. The van der Waals surface area contributed by atoms with Crippen molar-refractivity contribution in [2.45, 2.75) is 17.9 Å². The Morgan fingerprint density at radius 2 is 1.87 bits per heavy atom. The molecule has 1 N–H and O–H groups in total. The van der Waals surface area contributed by atoms with Crippen molar-refractivity contribution in [2.75, 3.05) is 0 Å². The predicted octanol–water partition coefficient (Wildman–Crippen LogP) is 5.08. The third kappa shape index (κ3) is 3.50. The first-order chi connectivity index (χ1) is 14.9. The van der Waals surface area contributed by atoms with E-state index in [1.807, 2.05) is 31.2 Å². The fourth-order valence-corrected chi connectivity index (χ4v) is 5.31. The number of hydrazine groups is 1. The molecule has 2 aromatic heterocycles. The number of rotatable bonds is 4.